The highest BCUT2D eigenvalue weighted by molar-refractivity contribution is 6.02. The Morgan fingerprint density at radius 2 is 1.71 bits per heavy atom. The molecule has 0 amide bonds. The molecule has 1 aromatic heterocycles. The number of hydrogen-bond acceptors (Lipinski definition) is 7. The average Bonchev–Trinajstić information content (AvgIpc) is 3.35. The van der Waals surface area contributed by atoms with Gasteiger partial charge in [-0.05, 0) is 35.4 Å². The number of aromatic nitrogens is 2. The minimum atomic E-state index is -0.554. The summed E-state index contributed by atoms with van der Waals surface area (Å²) in [6.45, 7) is 4.86. The number of benzene rings is 2. The predicted octanol–water partition coefficient (Wildman–Crippen LogP) is 2.30. The Kier molecular flexibility index (Phi) is 6.89. The zero-order valence-electron chi connectivity index (χ0n) is 19.2. The Bertz CT molecular complexity index is 1310. The molecule has 2 aromatic carbocycles. The minimum Gasteiger partial charge on any atom is -0.502 e. The fourth-order valence-electron chi connectivity index (χ4n) is 4.19. The van der Waals surface area contributed by atoms with Crippen molar-refractivity contribution in [2.45, 2.75) is 13.0 Å². The van der Waals surface area contributed by atoms with Gasteiger partial charge >= 0.3 is 0 Å². The van der Waals surface area contributed by atoms with E-state index in [1.54, 1.807) is 0 Å². The molecule has 35 heavy (non-hydrogen) atoms. The fourth-order valence-corrected chi connectivity index (χ4v) is 4.19. The van der Waals surface area contributed by atoms with E-state index in [-0.39, 0.29) is 11.7 Å². The predicted molar refractivity (Wildman–Crippen MR) is 131 cm³/mol. The van der Waals surface area contributed by atoms with E-state index in [4.69, 9.17) is 9.57 Å². The van der Waals surface area contributed by atoms with E-state index in [9.17, 15) is 9.90 Å². The molecule has 0 bridgehead atoms. The van der Waals surface area contributed by atoms with Crippen molar-refractivity contribution in [3.05, 3.63) is 93.2 Å². The second kappa shape index (κ2) is 10.6. The van der Waals surface area contributed by atoms with Gasteiger partial charge in [-0.1, -0.05) is 41.3 Å². The highest BCUT2D eigenvalue weighted by Gasteiger charge is 2.27. The van der Waals surface area contributed by atoms with E-state index in [0.717, 1.165) is 55.3 Å². The summed E-state index contributed by atoms with van der Waals surface area (Å²) in [6, 6.07) is 16.2. The topological polar surface area (TPSA) is 100 Å². The lowest BCUT2D eigenvalue weighted by atomic mass is 9.93. The van der Waals surface area contributed by atoms with E-state index in [1.165, 1.54) is 11.9 Å². The summed E-state index contributed by atoms with van der Waals surface area (Å²) in [4.78, 5) is 25.8. The molecule has 3 aromatic rings. The van der Waals surface area contributed by atoms with Gasteiger partial charge < -0.3 is 19.7 Å². The zero-order valence-corrected chi connectivity index (χ0v) is 19.2. The van der Waals surface area contributed by atoms with Crippen LogP contribution in [0, 0.1) is 17.8 Å². The first-order valence-corrected chi connectivity index (χ1v) is 11.6. The summed E-state index contributed by atoms with van der Waals surface area (Å²) >= 11 is 0. The van der Waals surface area contributed by atoms with Crippen LogP contribution in [-0.2, 0) is 22.5 Å². The summed E-state index contributed by atoms with van der Waals surface area (Å²) in [5, 5.41) is 14.2. The van der Waals surface area contributed by atoms with Crippen molar-refractivity contribution in [3.63, 3.8) is 0 Å². The molecule has 8 heteroatoms. The second-order valence-electron chi connectivity index (χ2n) is 8.61. The molecule has 1 atom stereocenters. The van der Waals surface area contributed by atoms with E-state index in [0.29, 0.717) is 18.7 Å². The summed E-state index contributed by atoms with van der Waals surface area (Å²) in [6.07, 6.45) is 1.65. The second-order valence-corrected chi connectivity index (χ2v) is 8.61. The third kappa shape index (κ3) is 5.60. The zero-order chi connectivity index (χ0) is 24.0. The van der Waals surface area contributed by atoms with Crippen LogP contribution in [0.15, 0.2) is 64.8 Å². The Morgan fingerprint density at radius 1 is 1.03 bits per heavy atom. The van der Waals surface area contributed by atoms with Crippen molar-refractivity contribution in [2.24, 2.45) is 11.1 Å². The average molecular weight is 471 g/mol. The minimum absolute atomic E-state index is 0.108. The molecule has 0 radical (unpaired) electrons. The number of hydrogen-bond donors (Lipinski definition) is 2. The van der Waals surface area contributed by atoms with Crippen LogP contribution < -0.4 is 5.56 Å². The number of nitrogens with zero attached hydrogens (tertiary/aromatic N) is 3. The fraction of sp³-hybridized carbons (Fsp3) is 0.296. The van der Waals surface area contributed by atoms with Crippen LogP contribution in [0.2, 0.25) is 0 Å². The maximum atomic E-state index is 11.6. The number of aromatic amines is 1. The van der Waals surface area contributed by atoms with E-state index in [1.807, 2.05) is 24.3 Å². The number of morpholine rings is 1. The summed E-state index contributed by atoms with van der Waals surface area (Å²) in [7, 11) is 0. The standard InChI is InChI=1S/C27H26N4O4/c32-26-24(28-18-29-27(26)33)15-23-17-35-30-25(23)22-9-7-20(8-10-22)2-1-19-3-5-21(6-4-19)16-31-11-13-34-14-12-31/h3-10,18,23,32H,11-17H2,(H,28,29,33). The van der Waals surface area contributed by atoms with Crippen molar-refractivity contribution in [2.75, 3.05) is 32.9 Å². The van der Waals surface area contributed by atoms with Gasteiger partial charge in [0.2, 0.25) is 5.75 Å². The third-order valence-corrected chi connectivity index (χ3v) is 6.17. The molecule has 2 aliphatic rings. The highest BCUT2D eigenvalue weighted by atomic mass is 16.6. The van der Waals surface area contributed by atoms with Gasteiger partial charge in [-0.3, -0.25) is 9.69 Å². The maximum Gasteiger partial charge on any atom is 0.293 e. The van der Waals surface area contributed by atoms with Crippen molar-refractivity contribution in [3.8, 4) is 17.6 Å². The van der Waals surface area contributed by atoms with E-state index in [2.05, 4.69) is 56.1 Å². The molecule has 1 fully saturated rings. The number of aromatic hydroxyl groups is 1. The normalized spacial score (nSPS) is 17.8. The molecule has 2 aliphatic heterocycles. The number of oxime groups is 1. The van der Waals surface area contributed by atoms with Crippen LogP contribution in [0.1, 0.15) is 27.9 Å². The molecule has 1 unspecified atom stereocenters. The Labute approximate surface area is 203 Å². The first-order chi connectivity index (χ1) is 17.2. The first-order valence-electron chi connectivity index (χ1n) is 11.6. The number of rotatable bonds is 5. The summed E-state index contributed by atoms with van der Waals surface area (Å²) < 4.78 is 5.41. The van der Waals surface area contributed by atoms with Crippen molar-refractivity contribution in [1.82, 2.24) is 14.9 Å². The van der Waals surface area contributed by atoms with Crippen LogP contribution in [0.25, 0.3) is 0 Å². The largest absolute Gasteiger partial charge is 0.502 e. The maximum absolute atomic E-state index is 11.6. The van der Waals surface area contributed by atoms with Gasteiger partial charge in [0.05, 0.1) is 30.9 Å². The molecule has 0 spiro atoms. The Morgan fingerprint density at radius 3 is 2.43 bits per heavy atom. The van der Waals surface area contributed by atoms with Crippen LogP contribution in [0.5, 0.6) is 5.75 Å². The molecular formula is C27H26N4O4. The van der Waals surface area contributed by atoms with E-state index >= 15 is 0 Å². The summed E-state index contributed by atoms with van der Waals surface area (Å²) in [5.41, 5.74) is 4.60. The lowest BCUT2D eigenvalue weighted by Crippen LogP contribution is -2.35. The van der Waals surface area contributed by atoms with Crippen LogP contribution in [-0.4, -0.2) is 58.6 Å². The number of H-pyrrole nitrogens is 1. The molecule has 0 aliphatic carbocycles. The SMILES string of the molecule is O=c1[nH]cnc(CC2CON=C2c2ccc(C#Cc3ccc(CN4CCOCC4)cc3)cc2)c1O. The van der Waals surface area contributed by atoms with Gasteiger partial charge in [-0.25, -0.2) is 4.98 Å². The monoisotopic (exact) mass is 470 g/mol. The Hall–Kier alpha value is -3.93. The van der Waals surface area contributed by atoms with Gasteiger partial charge in [0.25, 0.3) is 5.56 Å². The lowest BCUT2D eigenvalue weighted by molar-refractivity contribution is 0.0342. The van der Waals surface area contributed by atoms with Crippen LogP contribution in [0.4, 0.5) is 0 Å². The van der Waals surface area contributed by atoms with Crippen LogP contribution >= 0.6 is 0 Å². The molecule has 2 N–H and O–H groups in total. The summed E-state index contributed by atoms with van der Waals surface area (Å²) in [5.74, 6) is 5.97. The highest BCUT2D eigenvalue weighted by Crippen LogP contribution is 2.23. The number of ether oxygens (including phenoxy) is 1. The third-order valence-electron chi connectivity index (χ3n) is 6.17. The molecule has 3 heterocycles. The lowest BCUT2D eigenvalue weighted by Gasteiger charge is -2.26. The smallest absolute Gasteiger partial charge is 0.293 e. The van der Waals surface area contributed by atoms with Gasteiger partial charge in [0, 0.05) is 43.1 Å². The molecule has 0 saturated carbocycles. The molecule has 5 rings (SSSR count). The quantitative estimate of drug-likeness (QED) is 0.555. The van der Waals surface area contributed by atoms with Gasteiger partial charge in [-0.15, -0.1) is 0 Å². The van der Waals surface area contributed by atoms with Crippen molar-refractivity contribution < 1.29 is 14.7 Å². The van der Waals surface area contributed by atoms with Gasteiger partial charge in [0.15, 0.2) is 0 Å². The Balaban J connectivity index is 1.22. The first kappa shape index (κ1) is 22.8. The van der Waals surface area contributed by atoms with Crippen molar-refractivity contribution >= 4 is 5.71 Å². The van der Waals surface area contributed by atoms with Gasteiger partial charge in [-0.2, -0.15) is 0 Å². The van der Waals surface area contributed by atoms with Gasteiger partial charge in [0.1, 0.15) is 6.61 Å². The van der Waals surface area contributed by atoms with Crippen molar-refractivity contribution in [1.29, 1.82) is 0 Å². The molecule has 178 valence electrons. The van der Waals surface area contributed by atoms with E-state index < -0.39 is 5.56 Å². The number of nitrogens with one attached hydrogen (secondary N) is 1. The molecular weight excluding hydrogens is 444 g/mol. The van der Waals surface area contributed by atoms with Crippen LogP contribution in [0.3, 0.4) is 0 Å². The molecule has 1 saturated heterocycles. The molecule has 8 nitrogen and oxygen atoms in total.